The summed E-state index contributed by atoms with van der Waals surface area (Å²) in [4.78, 5) is 12.8. The molecule has 1 amide bonds. The van der Waals surface area contributed by atoms with Gasteiger partial charge in [-0.3, -0.25) is 10.1 Å². The molecule has 3 nitrogen and oxygen atoms in total. The molecule has 0 aliphatic heterocycles. The number of carbonyl (C=O) groups is 1. The lowest BCUT2D eigenvalue weighted by Gasteiger charge is -2.18. The van der Waals surface area contributed by atoms with Gasteiger partial charge in [-0.05, 0) is 25.3 Å². The fraction of sp³-hybridized carbons (Fsp3) is 0.417. The molecule has 0 bridgehead atoms. The van der Waals surface area contributed by atoms with Crippen molar-refractivity contribution in [1.29, 1.82) is 0 Å². The van der Waals surface area contributed by atoms with E-state index in [9.17, 15) is 4.79 Å². The second-order valence-electron chi connectivity index (χ2n) is 3.66. The van der Waals surface area contributed by atoms with Crippen molar-refractivity contribution in [2.24, 2.45) is 0 Å². The van der Waals surface area contributed by atoms with Gasteiger partial charge >= 0.3 is 0 Å². The van der Waals surface area contributed by atoms with Crippen LogP contribution in [-0.4, -0.2) is 18.5 Å². The minimum absolute atomic E-state index is 0.00306. The Bertz CT molecular complexity index is 335. The van der Waals surface area contributed by atoms with Crippen LogP contribution in [0.4, 0.5) is 0 Å². The first kappa shape index (κ1) is 12.9. The van der Waals surface area contributed by atoms with Gasteiger partial charge in [0.1, 0.15) is 0 Å². The third kappa shape index (κ3) is 3.79. The van der Waals surface area contributed by atoms with Crippen molar-refractivity contribution < 1.29 is 4.79 Å². The summed E-state index contributed by atoms with van der Waals surface area (Å²) in [5.74, 6) is 0.00306. The minimum atomic E-state index is -0.197. The zero-order valence-electron chi connectivity index (χ0n) is 9.69. The number of thiophene rings is 1. The lowest BCUT2D eigenvalue weighted by Crippen LogP contribution is -2.42. The molecule has 0 spiro atoms. The molecule has 1 aromatic rings. The van der Waals surface area contributed by atoms with Crippen LogP contribution >= 0.6 is 11.3 Å². The molecule has 1 rings (SSSR count). The Balaban J connectivity index is 2.41. The van der Waals surface area contributed by atoms with Crippen LogP contribution in [0.1, 0.15) is 24.8 Å². The van der Waals surface area contributed by atoms with Crippen LogP contribution < -0.4 is 10.6 Å². The van der Waals surface area contributed by atoms with E-state index in [0.717, 1.165) is 0 Å². The molecule has 0 radical (unpaired) electrons. The normalized spacial score (nSPS) is 14.1. The van der Waals surface area contributed by atoms with Crippen molar-refractivity contribution in [2.75, 3.05) is 6.54 Å². The molecule has 16 heavy (non-hydrogen) atoms. The van der Waals surface area contributed by atoms with Gasteiger partial charge in [0.05, 0.1) is 6.04 Å². The average Bonchev–Trinajstić information content (AvgIpc) is 2.79. The monoisotopic (exact) mass is 238 g/mol. The Morgan fingerprint density at radius 1 is 1.62 bits per heavy atom. The maximum atomic E-state index is 11.6. The van der Waals surface area contributed by atoms with Crippen LogP contribution in [0.5, 0.6) is 0 Å². The van der Waals surface area contributed by atoms with E-state index in [1.54, 1.807) is 17.4 Å². The summed E-state index contributed by atoms with van der Waals surface area (Å²) in [6.45, 7) is 7.99. The molecule has 1 unspecified atom stereocenters. The molecule has 1 heterocycles. The van der Waals surface area contributed by atoms with Crippen LogP contribution in [0.2, 0.25) is 0 Å². The van der Waals surface area contributed by atoms with Gasteiger partial charge in [-0.1, -0.05) is 12.1 Å². The maximum Gasteiger partial charge on any atom is 0.237 e. The molecule has 2 atom stereocenters. The van der Waals surface area contributed by atoms with Crippen LogP contribution in [0.3, 0.4) is 0 Å². The predicted octanol–water partition coefficient (Wildman–Crippen LogP) is 2.09. The van der Waals surface area contributed by atoms with E-state index >= 15 is 0 Å². The first-order valence-electron chi connectivity index (χ1n) is 5.33. The summed E-state index contributed by atoms with van der Waals surface area (Å²) in [7, 11) is 0. The van der Waals surface area contributed by atoms with E-state index in [1.807, 2.05) is 18.4 Å². The van der Waals surface area contributed by atoms with Crippen LogP contribution in [-0.2, 0) is 4.79 Å². The van der Waals surface area contributed by atoms with E-state index in [4.69, 9.17) is 0 Å². The number of amides is 1. The standard InChI is InChI=1S/C12H18N2OS/c1-4-7-13-12(15)10(3)14-9(2)11-6-5-8-16-11/h4-6,8-10,14H,1,7H2,2-3H3,(H,13,15)/t9-,10?/m1/s1. The largest absolute Gasteiger partial charge is 0.351 e. The van der Waals surface area contributed by atoms with Gasteiger partial charge in [0, 0.05) is 17.5 Å². The van der Waals surface area contributed by atoms with Gasteiger partial charge in [-0.2, -0.15) is 0 Å². The molecule has 88 valence electrons. The minimum Gasteiger partial charge on any atom is -0.351 e. The summed E-state index contributed by atoms with van der Waals surface area (Å²) in [5, 5.41) is 8.06. The van der Waals surface area contributed by atoms with Crippen molar-refractivity contribution in [3.05, 3.63) is 35.0 Å². The molecule has 4 heteroatoms. The number of hydrogen-bond acceptors (Lipinski definition) is 3. The zero-order chi connectivity index (χ0) is 12.0. The predicted molar refractivity (Wildman–Crippen MR) is 68.5 cm³/mol. The number of nitrogens with one attached hydrogen (secondary N) is 2. The van der Waals surface area contributed by atoms with Gasteiger partial charge in [0.2, 0.25) is 5.91 Å². The second kappa shape index (κ2) is 6.45. The Labute approximate surface area is 101 Å². The van der Waals surface area contributed by atoms with Crippen molar-refractivity contribution in [3.8, 4) is 0 Å². The van der Waals surface area contributed by atoms with Crippen molar-refractivity contribution in [1.82, 2.24) is 10.6 Å². The fourth-order valence-corrected chi connectivity index (χ4v) is 2.14. The maximum absolute atomic E-state index is 11.6. The van der Waals surface area contributed by atoms with E-state index in [2.05, 4.69) is 30.2 Å². The number of carbonyl (C=O) groups excluding carboxylic acids is 1. The molecule has 0 saturated heterocycles. The topological polar surface area (TPSA) is 41.1 Å². The molecular formula is C12H18N2OS. The lowest BCUT2D eigenvalue weighted by atomic mass is 10.2. The highest BCUT2D eigenvalue weighted by Crippen LogP contribution is 2.18. The quantitative estimate of drug-likeness (QED) is 0.745. The summed E-state index contributed by atoms with van der Waals surface area (Å²) in [6.07, 6.45) is 1.67. The van der Waals surface area contributed by atoms with E-state index in [-0.39, 0.29) is 18.0 Å². The van der Waals surface area contributed by atoms with Crippen LogP contribution in [0.15, 0.2) is 30.2 Å². The molecule has 0 fully saturated rings. The SMILES string of the molecule is C=CCNC(=O)C(C)N[C@H](C)c1cccs1. The van der Waals surface area contributed by atoms with E-state index in [1.165, 1.54) is 4.88 Å². The molecule has 2 N–H and O–H groups in total. The molecule has 0 saturated carbocycles. The number of hydrogen-bond donors (Lipinski definition) is 2. The Morgan fingerprint density at radius 2 is 2.38 bits per heavy atom. The van der Waals surface area contributed by atoms with Crippen molar-refractivity contribution in [2.45, 2.75) is 25.9 Å². The Kier molecular flexibility index (Phi) is 5.22. The van der Waals surface area contributed by atoms with Gasteiger partial charge in [0.25, 0.3) is 0 Å². The highest BCUT2D eigenvalue weighted by atomic mass is 32.1. The zero-order valence-corrected chi connectivity index (χ0v) is 10.5. The lowest BCUT2D eigenvalue weighted by molar-refractivity contribution is -0.122. The molecular weight excluding hydrogens is 220 g/mol. The molecule has 0 aromatic carbocycles. The van der Waals surface area contributed by atoms with Gasteiger partial charge in [-0.15, -0.1) is 17.9 Å². The summed E-state index contributed by atoms with van der Waals surface area (Å²) < 4.78 is 0. The average molecular weight is 238 g/mol. The molecule has 1 aromatic heterocycles. The van der Waals surface area contributed by atoms with E-state index < -0.39 is 0 Å². The molecule has 0 aliphatic carbocycles. The second-order valence-corrected chi connectivity index (χ2v) is 4.64. The third-order valence-corrected chi connectivity index (χ3v) is 3.34. The van der Waals surface area contributed by atoms with Gasteiger partial charge in [-0.25, -0.2) is 0 Å². The Hall–Kier alpha value is -1.13. The van der Waals surface area contributed by atoms with Gasteiger partial charge in [0.15, 0.2) is 0 Å². The highest BCUT2D eigenvalue weighted by molar-refractivity contribution is 7.10. The molecule has 0 aliphatic rings. The van der Waals surface area contributed by atoms with Crippen molar-refractivity contribution >= 4 is 17.2 Å². The first-order valence-corrected chi connectivity index (χ1v) is 6.21. The highest BCUT2D eigenvalue weighted by Gasteiger charge is 2.15. The summed E-state index contributed by atoms with van der Waals surface area (Å²) in [6, 6.07) is 4.08. The van der Waals surface area contributed by atoms with Gasteiger partial charge < -0.3 is 5.32 Å². The smallest absolute Gasteiger partial charge is 0.237 e. The first-order chi connectivity index (χ1) is 7.65. The van der Waals surface area contributed by atoms with Crippen molar-refractivity contribution in [3.63, 3.8) is 0 Å². The summed E-state index contributed by atoms with van der Waals surface area (Å²) in [5.41, 5.74) is 0. The summed E-state index contributed by atoms with van der Waals surface area (Å²) >= 11 is 1.69. The third-order valence-electron chi connectivity index (χ3n) is 2.28. The number of rotatable bonds is 6. The Morgan fingerprint density at radius 3 is 2.94 bits per heavy atom. The van der Waals surface area contributed by atoms with Crippen LogP contribution in [0.25, 0.3) is 0 Å². The van der Waals surface area contributed by atoms with Crippen LogP contribution in [0, 0.1) is 0 Å². The van der Waals surface area contributed by atoms with E-state index in [0.29, 0.717) is 6.54 Å². The fourth-order valence-electron chi connectivity index (χ4n) is 1.40.